The lowest BCUT2D eigenvalue weighted by Gasteiger charge is -2.06. The molecule has 17 heavy (non-hydrogen) atoms. The summed E-state index contributed by atoms with van der Waals surface area (Å²) >= 11 is 0. The van der Waals surface area contributed by atoms with Crippen molar-refractivity contribution in [1.29, 1.82) is 0 Å². The Labute approximate surface area is 107 Å². The van der Waals surface area contributed by atoms with E-state index in [0.29, 0.717) is 5.75 Å². The SMILES string of the molecule is C=Cc1c(C)cc(O)cc1/C=C\C.CC.CC. The third-order valence-electron chi connectivity index (χ3n) is 1.95. The number of allylic oxidation sites excluding steroid dienone is 1. The first-order valence-corrected chi connectivity index (χ1v) is 6.27. The fourth-order valence-electron chi connectivity index (χ4n) is 1.40. The second kappa shape index (κ2) is 11.0. The molecule has 0 radical (unpaired) electrons. The van der Waals surface area contributed by atoms with Crippen molar-refractivity contribution in [2.45, 2.75) is 41.5 Å². The summed E-state index contributed by atoms with van der Waals surface area (Å²) in [5.74, 6) is 0.302. The van der Waals surface area contributed by atoms with E-state index in [1.807, 2.05) is 59.8 Å². The molecule has 0 amide bonds. The number of hydrogen-bond donors (Lipinski definition) is 1. The second-order valence-corrected chi connectivity index (χ2v) is 2.97. The van der Waals surface area contributed by atoms with Crippen molar-refractivity contribution in [3.63, 3.8) is 0 Å². The topological polar surface area (TPSA) is 20.2 Å². The minimum absolute atomic E-state index is 0.302. The highest BCUT2D eigenvalue weighted by molar-refractivity contribution is 5.68. The van der Waals surface area contributed by atoms with Crippen molar-refractivity contribution in [2.75, 3.05) is 0 Å². The van der Waals surface area contributed by atoms with Gasteiger partial charge in [0.2, 0.25) is 0 Å². The lowest BCUT2D eigenvalue weighted by molar-refractivity contribution is 0.474. The van der Waals surface area contributed by atoms with Crippen LogP contribution in [0.25, 0.3) is 12.2 Å². The van der Waals surface area contributed by atoms with Gasteiger partial charge in [-0.1, -0.05) is 52.5 Å². The van der Waals surface area contributed by atoms with Gasteiger partial charge >= 0.3 is 0 Å². The summed E-state index contributed by atoms with van der Waals surface area (Å²) < 4.78 is 0. The molecule has 0 aliphatic rings. The molecule has 0 bridgehead atoms. The maximum atomic E-state index is 9.37. The molecule has 0 aliphatic heterocycles. The third-order valence-corrected chi connectivity index (χ3v) is 1.95. The van der Waals surface area contributed by atoms with Gasteiger partial charge in [0, 0.05) is 0 Å². The van der Waals surface area contributed by atoms with Crippen LogP contribution in [0.15, 0.2) is 24.8 Å². The Morgan fingerprint density at radius 1 is 1.12 bits per heavy atom. The van der Waals surface area contributed by atoms with Gasteiger partial charge in [-0.3, -0.25) is 0 Å². The molecule has 1 aromatic rings. The summed E-state index contributed by atoms with van der Waals surface area (Å²) in [7, 11) is 0. The molecule has 1 heteroatoms. The van der Waals surface area contributed by atoms with E-state index in [9.17, 15) is 5.11 Å². The van der Waals surface area contributed by atoms with Crippen LogP contribution in [0.5, 0.6) is 5.75 Å². The molecule has 0 saturated carbocycles. The van der Waals surface area contributed by atoms with E-state index in [4.69, 9.17) is 0 Å². The van der Waals surface area contributed by atoms with Gasteiger partial charge in [0.05, 0.1) is 0 Å². The smallest absolute Gasteiger partial charge is 0.116 e. The van der Waals surface area contributed by atoms with Crippen LogP contribution in [0.4, 0.5) is 0 Å². The van der Waals surface area contributed by atoms with Gasteiger partial charge < -0.3 is 5.11 Å². The van der Waals surface area contributed by atoms with Crippen LogP contribution in [0.3, 0.4) is 0 Å². The number of rotatable bonds is 2. The molecule has 1 nitrogen and oxygen atoms in total. The predicted molar refractivity (Wildman–Crippen MR) is 80.3 cm³/mol. The van der Waals surface area contributed by atoms with Crippen LogP contribution in [0.2, 0.25) is 0 Å². The maximum absolute atomic E-state index is 9.37. The van der Waals surface area contributed by atoms with Crippen molar-refractivity contribution < 1.29 is 5.11 Å². The van der Waals surface area contributed by atoms with Crippen LogP contribution >= 0.6 is 0 Å². The molecule has 0 atom stereocenters. The van der Waals surface area contributed by atoms with Crippen LogP contribution < -0.4 is 0 Å². The maximum Gasteiger partial charge on any atom is 0.116 e. The number of benzene rings is 1. The fourth-order valence-corrected chi connectivity index (χ4v) is 1.40. The lowest BCUT2D eigenvalue weighted by atomic mass is 10.0. The quantitative estimate of drug-likeness (QED) is 0.723. The summed E-state index contributed by atoms with van der Waals surface area (Å²) in [6.07, 6.45) is 5.72. The molecule has 0 heterocycles. The highest BCUT2D eigenvalue weighted by Gasteiger charge is 2.01. The van der Waals surface area contributed by atoms with E-state index in [1.165, 1.54) is 0 Å². The van der Waals surface area contributed by atoms with Gasteiger partial charge in [0.1, 0.15) is 5.75 Å². The number of aromatic hydroxyl groups is 1. The zero-order valence-electron chi connectivity index (χ0n) is 12.0. The number of phenolic OH excluding ortho intramolecular Hbond substituents is 1. The zero-order valence-corrected chi connectivity index (χ0v) is 12.0. The summed E-state index contributed by atoms with van der Waals surface area (Å²) in [5.41, 5.74) is 3.13. The molecule has 0 spiro atoms. The first kappa shape index (κ1) is 17.9. The minimum Gasteiger partial charge on any atom is -0.508 e. The predicted octanol–water partition coefficient (Wildman–Crippen LogP) is 5.43. The van der Waals surface area contributed by atoms with Crippen LogP contribution in [-0.2, 0) is 0 Å². The average molecular weight is 234 g/mol. The zero-order chi connectivity index (χ0) is 13.8. The van der Waals surface area contributed by atoms with E-state index < -0.39 is 0 Å². The standard InChI is InChI=1S/C12H14O.2C2H6/c1-4-6-10-8-11(13)7-9(3)12(10)5-2;2*1-2/h4-8,13H,2H2,1,3H3;2*1-2H3/b6-4-;;. The molecule has 0 saturated heterocycles. The first-order chi connectivity index (χ1) is 8.19. The van der Waals surface area contributed by atoms with E-state index >= 15 is 0 Å². The average Bonchev–Trinajstić information content (AvgIpc) is 2.34. The highest BCUT2D eigenvalue weighted by Crippen LogP contribution is 2.23. The van der Waals surface area contributed by atoms with Crippen LogP contribution in [-0.4, -0.2) is 5.11 Å². The Morgan fingerprint density at radius 2 is 1.65 bits per heavy atom. The Balaban J connectivity index is 0. The summed E-state index contributed by atoms with van der Waals surface area (Å²) in [6.45, 7) is 15.7. The van der Waals surface area contributed by atoms with Gasteiger partial charge in [-0.25, -0.2) is 0 Å². The fraction of sp³-hybridized carbons (Fsp3) is 0.375. The Hall–Kier alpha value is -1.50. The van der Waals surface area contributed by atoms with E-state index in [0.717, 1.165) is 16.7 Å². The Bertz CT molecular complexity index is 349. The molecule has 0 aliphatic carbocycles. The van der Waals surface area contributed by atoms with Gasteiger partial charge in [0.15, 0.2) is 0 Å². The van der Waals surface area contributed by atoms with E-state index in [-0.39, 0.29) is 0 Å². The molecular weight excluding hydrogens is 208 g/mol. The highest BCUT2D eigenvalue weighted by atomic mass is 16.3. The first-order valence-electron chi connectivity index (χ1n) is 6.27. The number of hydrogen-bond acceptors (Lipinski definition) is 1. The number of aryl methyl sites for hydroxylation is 1. The Kier molecular flexibility index (Phi) is 11.6. The summed E-state index contributed by atoms with van der Waals surface area (Å²) in [4.78, 5) is 0. The molecular formula is C16H26O. The molecule has 0 aromatic heterocycles. The molecule has 0 fully saturated rings. The molecule has 1 aromatic carbocycles. The van der Waals surface area contributed by atoms with Gasteiger partial charge in [-0.05, 0) is 42.7 Å². The van der Waals surface area contributed by atoms with Gasteiger partial charge in [0.25, 0.3) is 0 Å². The lowest BCUT2D eigenvalue weighted by Crippen LogP contribution is -1.85. The molecule has 0 unspecified atom stereocenters. The minimum atomic E-state index is 0.302. The van der Waals surface area contributed by atoms with Crippen LogP contribution in [0, 0.1) is 6.92 Å². The van der Waals surface area contributed by atoms with Crippen molar-refractivity contribution >= 4 is 12.2 Å². The van der Waals surface area contributed by atoms with Crippen molar-refractivity contribution in [3.8, 4) is 5.75 Å². The largest absolute Gasteiger partial charge is 0.508 e. The van der Waals surface area contributed by atoms with Crippen LogP contribution in [0.1, 0.15) is 51.3 Å². The van der Waals surface area contributed by atoms with Crippen molar-refractivity contribution in [2.24, 2.45) is 0 Å². The third kappa shape index (κ3) is 5.96. The summed E-state index contributed by atoms with van der Waals surface area (Å²) in [5, 5.41) is 9.37. The second-order valence-electron chi connectivity index (χ2n) is 2.97. The Morgan fingerprint density at radius 3 is 2.06 bits per heavy atom. The molecule has 96 valence electrons. The molecule has 1 rings (SSSR count). The van der Waals surface area contributed by atoms with E-state index in [2.05, 4.69) is 6.58 Å². The van der Waals surface area contributed by atoms with Crippen molar-refractivity contribution in [3.05, 3.63) is 41.5 Å². The normalized spacial score (nSPS) is 8.82. The summed E-state index contributed by atoms with van der Waals surface area (Å²) in [6, 6.07) is 3.48. The van der Waals surface area contributed by atoms with Gasteiger partial charge in [-0.2, -0.15) is 0 Å². The molecule has 1 N–H and O–H groups in total. The van der Waals surface area contributed by atoms with E-state index in [1.54, 1.807) is 12.1 Å². The van der Waals surface area contributed by atoms with Crippen molar-refractivity contribution in [1.82, 2.24) is 0 Å². The van der Waals surface area contributed by atoms with Gasteiger partial charge in [-0.15, -0.1) is 0 Å². The monoisotopic (exact) mass is 234 g/mol. The number of phenols is 1.